The number of hydrogen-bond acceptors (Lipinski definition) is 4. The van der Waals surface area contributed by atoms with Crippen LogP contribution in [0.2, 0.25) is 0 Å². The molecule has 0 saturated heterocycles. The van der Waals surface area contributed by atoms with Crippen molar-refractivity contribution in [1.82, 2.24) is 25.2 Å². The van der Waals surface area contributed by atoms with Crippen molar-refractivity contribution in [1.29, 1.82) is 0 Å². The van der Waals surface area contributed by atoms with Gasteiger partial charge in [0.25, 0.3) is 0 Å². The van der Waals surface area contributed by atoms with Crippen molar-refractivity contribution in [3.05, 3.63) is 57.9 Å². The van der Waals surface area contributed by atoms with Crippen molar-refractivity contribution in [2.24, 2.45) is 4.99 Å². The standard InChI is InChI=1S/C20H26N6S/c1-5-21-20(23-12-19-24-14(2)15(3)27-19)26(4)13-18-22-11-17(25-18)16-9-7-6-8-10-16/h6-11H,5,12-13H2,1-4H3,(H,21,23)(H,22,25). The van der Waals surface area contributed by atoms with Gasteiger partial charge in [-0.05, 0) is 26.3 Å². The largest absolute Gasteiger partial charge is 0.357 e. The number of nitrogens with one attached hydrogen (secondary N) is 2. The summed E-state index contributed by atoms with van der Waals surface area (Å²) in [7, 11) is 2.02. The summed E-state index contributed by atoms with van der Waals surface area (Å²) in [5.74, 6) is 1.75. The maximum Gasteiger partial charge on any atom is 0.194 e. The molecule has 0 unspecified atom stereocenters. The van der Waals surface area contributed by atoms with Crippen LogP contribution in [0.3, 0.4) is 0 Å². The lowest BCUT2D eigenvalue weighted by molar-refractivity contribution is 0.464. The lowest BCUT2D eigenvalue weighted by atomic mass is 10.2. The SMILES string of the molecule is CCNC(=NCc1nc(C)c(C)s1)N(C)Cc1ncc(-c2ccccc2)[nH]1. The zero-order chi connectivity index (χ0) is 19.2. The fraction of sp³-hybridized carbons (Fsp3) is 0.350. The molecule has 2 aromatic heterocycles. The fourth-order valence-electron chi connectivity index (χ4n) is 2.73. The molecule has 1 aromatic carbocycles. The Morgan fingerprint density at radius 2 is 2.04 bits per heavy atom. The topological polar surface area (TPSA) is 69.2 Å². The van der Waals surface area contributed by atoms with Gasteiger partial charge in [-0.25, -0.2) is 15.0 Å². The van der Waals surface area contributed by atoms with Gasteiger partial charge in [-0.2, -0.15) is 0 Å². The number of aliphatic imine (C=N–C) groups is 1. The predicted molar refractivity (Wildman–Crippen MR) is 112 cm³/mol. The first-order valence-corrected chi connectivity index (χ1v) is 9.90. The normalized spacial score (nSPS) is 11.6. The van der Waals surface area contributed by atoms with Gasteiger partial charge in [-0.1, -0.05) is 30.3 Å². The molecule has 3 aromatic rings. The summed E-state index contributed by atoms with van der Waals surface area (Å²) in [5, 5.41) is 4.38. The molecule has 0 atom stereocenters. The van der Waals surface area contributed by atoms with Crippen LogP contribution >= 0.6 is 11.3 Å². The molecule has 7 heteroatoms. The molecule has 0 radical (unpaired) electrons. The van der Waals surface area contributed by atoms with Crippen LogP contribution in [-0.2, 0) is 13.1 Å². The monoisotopic (exact) mass is 382 g/mol. The van der Waals surface area contributed by atoms with Crippen molar-refractivity contribution in [2.45, 2.75) is 33.9 Å². The van der Waals surface area contributed by atoms with E-state index in [1.165, 1.54) is 4.88 Å². The molecule has 6 nitrogen and oxygen atoms in total. The number of H-pyrrole nitrogens is 1. The van der Waals surface area contributed by atoms with Gasteiger partial charge >= 0.3 is 0 Å². The second kappa shape index (κ2) is 8.81. The van der Waals surface area contributed by atoms with E-state index in [1.807, 2.05) is 38.4 Å². The van der Waals surface area contributed by atoms with Crippen LogP contribution in [0.1, 0.15) is 28.3 Å². The summed E-state index contributed by atoms with van der Waals surface area (Å²) < 4.78 is 0. The minimum absolute atomic E-state index is 0.583. The first kappa shape index (κ1) is 19.1. The zero-order valence-corrected chi connectivity index (χ0v) is 17.1. The van der Waals surface area contributed by atoms with E-state index in [0.717, 1.165) is 40.3 Å². The molecule has 0 bridgehead atoms. The second-order valence-corrected chi connectivity index (χ2v) is 7.67. The van der Waals surface area contributed by atoms with Crippen LogP contribution in [0.25, 0.3) is 11.3 Å². The first-order chi connectivity index (χ1) is 13.1. The summed E-state index contributed by atoms with van der Waals surface area (Å²) in [6.45, 7) is 8.25. The number of hydrogen-bond donors (Lipinski definition) is 2. The Bertz CT molecular complexity index is 877. The quantitative estimate of drug-likeness (QED) is 0.503. The number of aromatic nitrogens is 3. The lowest BCUT2D eigenvalue weighted by Crippen LogP contribution is -2.38. The van der Waals surface area contributed by atoms with Gasteiger partial charge in [-0.3, -0.25) is 0 Å². The molecule has 27 heavy (non-hydrogen) atoms. The van der Waals surface area contributed by atoms with Gasteiger partial charge in [0.15, 0.2) is 5.96 Å². The molecule has 0 saturated carbocycles. The highest BCUT2D eigenvalue weighted by Gasteiger charge is 2.11. The van der Waals surface area contributed by atoms with E-state index in [0.29, 0.717) is 13.1 Å². The maximum atomic E-state index is 4.74. The molecular formula is C20H26N6S. The predicted octanol–water partition coefficient (Wildman–Crippen LogP) is 3.75. The molecular weight excluding hydrogens is 356 g/mol. The lowest BCUT2D eigenvalue weighted by Gasteiger charge is -2.20. The summed E-state index contributed by atoms with van der Waals surface area (Å²) >= 11 is 1.71. The van der Waals surface area contributed by atoms with E-state index in [1.54, 1.807) is 11.3 Å². The minimum atomic E-state index is 0.583. The third kappa shape index (κ3) is 4.95. The van der Waals surface area contributed by atoms with Crippen LogP contribution < -0.4 is 5.32 Å². The molecule has 2 heterocycles. The van der Waals surface area contributed by atoms with E-state index in [-0.39, 0.29) is 0 Å². The molecule has 0 amide bonds. The van der Waals surface area contributed by atoms with Crippen LogP contribution in [0.4, 0.5) is 0 Å². The summed E-state index contributed by atoms with van der Waals surface area (Å²) in [4.78, 5) is 20.5. The molecule has 142 valence electrons. The number of aryl methyl sites for hydroxylation is 2. The zero-order valence-electron chi connectivity index (χ0n) is 16.3. The van der Waals surface area contributed by atoms with Crippen molar-refractivity contribution >= 4 is 17.3 Å². The minimum Gasteiger partial charge on any atom is -0.357 e. The summed E-state index contributed by atoms with van der Waals surface area (Å²) in [6.07, 6.45) is 1.88. The molecule has 0 fully saturated rings. The Morgan fingerprint density at radius 3 is 2.70 bits per heavy atom. The first-order valence-electron chi connectivity index (χ1n) is 9.08. The van der Waals surface area contributed by atoms with E-state index < -0.39 is 0 Å². The summed E-state index contributed by atoms with van der Waals surface area (Å²) in [6, 6.07) is 10.2. The Morgan fingerprint density at radius 1 is 1.26 bits per heavy atom. The highest BCUT2D eigenvalue weighted by molar-refractivity contribution is 7.11. The molecule has 3 rings (SSSR count). The second-order valence-electron chi connectivity index (χ2n) is 6.39. The number of rotatable bonds is 6. The Hall–Kier alpha value is -2.67. The highest BCUT2D eigenvalue weighted by Crippen LogP contribution is 2.18. The van der Waals surface area contributed by atoms with E-state index in [2.05, 4.69) is 51.1 Å². The third-order valence-corrected chi connectivity index (χ3v) is 5.29. The molecule has 0 spiro atoms. The van der Waals surface area contributed by atoms with E-state index in [9.17, 15) is 0 Å². The average molecular weight is 383 g/mol. The highest BCUT2D eigenvalue weighted by atomic mass is 32.1. The maximum absolute atomic E-state index is 4.74. The van der Waals surface area contributed by atoms with E-state index in [4.69, 9.17) is 4.99 Å². The van der Waals surface area contributed by atoms with Gasteiger partial charge in [-0.15, -0.1) is 11.3 Å². The number of guanidine groups is 1. The van der Waals surface area contributed by atoms with Crippen molar-refractivity contribution < 1.29 is 0 Å². The van der Waals surface area contributed by atoms with Gasteiger partial charge in [0.1, 0.15) is 10.8 Å². The summed E-state index contributed by atoms with van der Waals surface area (Å²) in [5.41, 5.74) is 3.25. The molecule has 2 N–H and O–H groups in total. The van der Waals surface area contributed by atoms with Crippen LogP contribution in [-0.4, -0.2) is 39.4 Å². The average Bonchev–Trinajstić information content (AvgIpc) is 3.26. The number of aromatic amines is 1. The number of thiazole rings is 1. The van der Waals surface area contributed by atoms with Gasteiger partial charge in [0, 0.05) is 18.5 Å². The van der Waals surface area contributed by atoms with Gasteiger partial charge in [0.05, 0.1) is 30.7 Å². The van der Waals surface area contributed by atoms with Crippen LogP contribution in [0, 0.1) is 13.8 Å². The third-order valence-electron chi connectivity index (χ3n) is 4.23. The van der Waals surface area contributed by atoms with Crippen LogP contribution in [0.15, 0.2) is 41.5 Å². The Labute approximate surface area is 164 Å². The molecule has 0 aliphatic rings. The van der Waals surface area contributed by atoms with Gasteiger partial charge in [0.2, 0.25) is 0 Å². The smallest absolute Gasteiger partial charge is 0.194 e. The van der Waals surface area contributed by atoms with Crippen molar-refractivity contribution in [3.8, 4) is 11.3 Å². The van der Waals surface area contributed by atoms with Crippen LogP contribution in [0.5, 0.6) is 0 Å². The fourth-order valence-corrected chi connectivity index (χ4v) is 3.58. The number of imidazole rings is 1. The Kier molecular flexibility index (Phi) is 6.24. The van der Waals surface area contributed by atoms with Crippen molar-refractivity contribution in [3.63, 3.8) is 0 Å². The Balaban J connectivity index is 1.69. The number of nitrogens with zero attached hydrogens (tertiary/aromatic N) is 4. The molecule has 0 aliphatic carbocycles. The van der Waals surface area contributed by atoms with E-state index >= 15 is 0 Å². The molecule has 0 aliphatic heterocycles. The number of benzene rings is 1. The van der Waals surface area contributed by atoms with Crippen molar-refractivity contribution in [2.75, 3.05) is 13.6 Å². The van der Waals surface area contributed by atoms with Gasteiger partial charge < -0.3 is 15.2 Å².